The van der Waals surface area contributed by atoms with Crippen LogP contribution in [0.15, 0.2) is 35.6 Å². The molecular formula is C18H19ClF2N2O2. The zero-order valence-corrected chi connectivity index (χ0v) is 14.8. The van der Waals surface area contributed by atoms with E-state index in [-0.39, 0.29) is 29.1 Å². The highest BCUT2D eigenvalue weighted by Crippen LogP contribution is 2.22. The molecule has 2 aromatic rings. The van der Waals surface area contributed by atoms with Crippen molar-refractivity contribution in [3.8, 4) is 5.88 Å². The molecule has 134 valence electrons. The second-order valence-corrected chi connectivity index (χ2v) is 6.15. The van der Waals surface area contributed by atoms with Crippen molar-refractivity contribution in [3.63, 3.8) is 0 Å². The van der Waals surface area contributed by atoms with Gasteiger partial charge in [0.25, 0.3) is 5.56 Å². The van der Waals surface area contributed by atoms with E-state index in [1.807, 2.05) is 13.8 Å². The predicted octanol–water partition coefficient (Wildman–Crippen LogP) is 4.45. The molecule has 0 atom stereocenters. The van der Waals surface area contributed by atoms with Gasteiger partial charge in [0.1, 0.15) is 24.1 Å². The normalized spacial score (nSPS) is 11.0. The van der Waals surface area contributed by atoms with E-state index in [0.29, 0.717) is 18.7 Å². The van der Waals surface area contributed by atoms with E-state index in [0.717, 1.165) is 12.1 Å². The summed E-state index contributed by atoms with van der Waals surface area (Å²) in [6.07, 6.45) is 2.85. The van der Waals surface area contributed by atoms with Gasteiger partial charge in [-0.15, -0.1) is 6.58 Å². The maximum atomic E-state index is 13.7. The van der Waals surface area contributed by atoms with Crippen molar-refractivity contribution < 1.29 is 13.5 Å². The molecule has 0 radical (unpaired) electrons. The van der Waals surface area contributed by atoms with E-state index in [1.165, 1.54) is 10.6 Å². The Morgan fingerprint density at radius 2 is 2.12 bits per heavy atom. The summed E-state index contributed by atoms with van der Waals surface area (Å²) in [4.78, 5) is 16.8. The van der Waals surface area contributed by atoms with Crippen LogP contribution in [0.4, 0.5) is 8.78 Å². The van der Waals surface area contributed by atoms with Crippen LogP contribution in [0.2, 0.25) is 5.02 Å². The van der Waals surface area contributed by atoms with Crippen molar-refractivity contribution in [2.75, 3.05) is 0 Å². The molecule has 1 heterocycles. The van der Waals surface area contributed by atoms with E-state index >= 15 is 0 Å². The zero-order chi connectivity index (χ0) is 18.6. The fourth-order valence-corrected chi connectivity index (χ4v) is 2.54. The fourth-order valence-electron chi connectivity index (χ4n) is 2.36. The largest absolute Gasteiger partial charge is 0.471 e. The van der Waals surface area contributed by atoms with Gasteiger partial charge in [-0.1, -0.05) is 17.7 Å². The molecule has 0 N–H and O–H groups in total. The van der Waals surface area contributed by atoms with Gasteiger partial charge in [-0.25, -0.2) is 8.78 Å². The number of aromatic nitrogens is 2. The molecule has 0 spiro atoms. The Morgan fingerprint density at radius 1 is 1.40 bits per heavy atom. The van der Waals surface area contributed by atoms with Gasteiger partial charge < -0.3 is 4.74 Å². The molecule has 1 aromatic carbocycles. The molecule has 7 heteroatoms. The summed E-state index contributed by atoms with van der Waals surface area (Å²) >= 11 is 6.08. The van der Waals surface area contributed by atoms with Crippen molar-refractivity contribution in [2.24, 2.45) is 0 Å². The van der Waals surface area contributed by atoms with Gasteiger partial charge in [-0.3, -0.25) is 9.36 Å². The number of hydrogen-bond acceptors (Lipinski definition) is 3. The van der Waals surface area contributed by atoms with Crippen LogP contribution >= 0.6 is 11.6 Å². The lowest BCUT2D eigenvalue weighted by Gasteiger charge is -2.17. The summed E-state index contributed by atoms with van der Waals surface area (Å²) < 4.78 is 33.6. The van der Waals surface area contributed by atoms with Gasteiger partial charge in [-0.05, 0) is 32.4 Å². The minimum atomic E-state index is -0.737. The molecule has 0 fully saturated rings. The summed E-state index contributed by atoms with van der Waals surface area (Å²) in [5, 5.41) is -0.168. The number of aryl methyl sites for hydroxylation is 1. The summed E-state index contributed by atoms with van der Waals surface area (Å²) in [6, 6.07) is 3.04. The Morgan fingerprint density at radius 3 is 2.72 bits per heavy atom. The minimum absolute atomic E-state index is 0.0636. The first-order valence-corrected chi connectivity index (χ1v) is 8.21. The molecule has 0 aliphatic heterocycles. The monoisotopic (exact) mass is 368 g/mol. The van der Waals surface area contributed by atoms with E-state index in [2.05, 4.69) is 11.6 Å². The Hall–Kier alpha value is -2.21. The lowest BCUT2D eigenvalue weighted by Crippen LogP contribution is -2.28. The van der Waals surface area contributed by atoms with Crippen molar-refractivity contribution in [1.29, 1.82) is 0 Å². The maximum Gasteiger partial charge on any atom is 0.276 e. The first kappa shape index (κ1) is 19.1. The maximum absolute atomic E-state index is 13.7. The Balaban J connectivity index is 2.35. The third-order valence-electron chi connectivity index (χ3n) is 3.57. The van der Waals surface area contributed by atoms with Gasteiger partial charge in [-0.2, -0.15) is 4.98 Å². The van der Waals surface area contributed by atoms with E-state index < -0.39 is 17.2 Å². The van der Waals surface area contributed by atoms with Gasteiger partial charge in [0.15, 0.2) is 5.02 Å². The summed E-state index contributed by atoms with van der Waals surface area (Å²) in [5.41, 5.74) is -0.278. The molecule has 0 aliphatic carbocycles. The molecule has 0 bridgehead atoms. The number of allylic oxidation sites excluding steroid dienone is 1. The predicted molar refractivity (Wildman–Crippen MR) is 93.1 cm³/mol. The van der Waals surface area contributed by atoms with Crippen molar-refractivity contribution in [3.05, 3.63) is 69.3 Å². The first-order valence-electron chi connectivity index (χ1n) is 7.83. The molecule has 0 saturated carbocycles. The topological polar surface area (TPSA) is 44.1 Å². The molecule has 0 amide bonds. The molecule has 0 unspecified atom stereocenters. The number of benzene rings is 1. The summed E-state index contributed by atoms with van der Waals surface area (Å²) in [6.45, 7) is 7.15. The van der Waals surface area contributed by atoms with Crippen molar-refractivity contribution >= 4 is 11.6 Å². The highest BCUT2D eigenvalue weighted by molar-refractivity contribution is 6.31. The Bertz CT molecular complexity index is 835. The van der Waals surface area contributed by atoms with E-state index in [9.17, 15) is 13.6 Å². The number of ether oxygens (including phenoxy) is 1. The van der Waals surface area contributed by atoms with Crippen LogP contribution in [-0.4, -0.2) is 9.55 Å². The van der Waals surface area contributed by atoms with E-state index in [4.69, 9.17) is 16.3 Å². The number of rotatable bonds is 7. The van der Waals surface area contributed by atoms with Crippen LogP contribution in [0.25, 0.3) is 0 Å². The van der Waals surface area contributed by atoms with Gasteiger partial charge in [0.05, 0.1) is 0 Å². The number of nitrogens with zero attached hydrogens (tertiary/aromatic N) is 2. The van der Waals surface area contributed by atoms with E-state index in [1.54, 1.807) is 6.08 Å². The molecule has 0 saturated heterocycles. The number of hydrogen-bond donors (Lipinski definition) is 0. The Kier molecular flexibility index (Phi) is 6.31. The molecule has 0 aliphatic rings. The second kappa shape index (κ2) is 8.25. The molecule has 25 heavy (non-hydrogen) atoms. The average Bonchev–Trinajstić information content (AvgIpc) is 2.55. The zero-order valence-electron chi connectivity index (χ0n) is 14.1. The van der Waals surface area contributed by atoms with Crippen LogP contribution < -0.4 is 10.3 Å². The summed E-state index contributed by atoms with van der Waals surface area (Å²) in [5.74, 6) is -0.965. The summed E-state index contributed by atoms with van der Waals surface area (Å²) in [7, 11) is 0. The number of halogens is 3. The lowest BCUT2D eigenvalue weighted by atomic mass is 10.2. The first-order chi connectivity index (χ1) is 11.8. The SMILES string of the molecule is C=CCCc1nc(OCc2ccc(F)cc2F)c(Cl)c(=O)n1C(C)C. The molecular weight excluding hydrogens is 350 g/mol. The minimum Gasteiger partial charge on any atom is -0.471 e. The molecule has 4 nitrogen and oxygen atoms in total. The highest BCUT2D eigenvalue weighted by atomic mass is 35.5. The Labute approximate surface area is 149 Å². The van der Waals surface area contributed by atoms with Crippen LogP contribution in [0.1, 0.15) is 37.7 Å². The van der Waals surface area contributed by atoms with Crippen LogP contribution in [0.5, 0.6) is 5.88 Å². The quantitative estimate of drug-likeness (QED) is 0.678. The highest BCUT2D eigenvalue weighted by Gasteiger charge is 2.18. The molecule has 2 rings (SSSR count). The third-order valence-corrected chi connectivity index (χ3v) is 3.89. The molecule has 1 aromatic heterocycles. The van der Waals surface area contributed by atoms with Gasteiger partial charge in [0, 0.05) is 24.1 Å². The smallest absolute Gasteiger partial charge is 0.276 e. The van der Waals surface area contributed by atoms with Crippen LogP contribution in [-0.2, 0) is 13.0 Å². The fraction of sp³-hybridized carbons (Fsp3) is 0.333. The lowest BCUT2D eigenvalue weighted by molar-refractivity contribution is 0.283. The second-order valence-electron chi connectivity index (χ2n) is 5.77. The third kappa shape index (κ3) is 4.45. The van der Waals surface area contributed by atoms with Crippen molar-refractivity contribution in [1.82, 2.24) is 9.55 Å². The van der Waals surface area contributed by atoms with Crippen LogP contribution in [0, 0.1) is 11.6 Å². The van der Waals surface area contributed by atoms with Gasteiger partial charge in [0.2, 0.25) is 5.88 Å². The van der Waals surface area contributed by atoms with Crippen LogP contribution in [0.3, 0.4) is 0 Å². The van der Waals surface area contributed by atoms with Gasteiger partial charge >= 0.3 is 0 Å². The van der Waals surface area contributed by atoms with Crippen molar-refractivity contribution in [2.45, 2.75) is 39.3 Å². The average molecular weight is 369 g/mol. The standard InChI is InChI=1S/C18H19ClF2N2O2/c1-4-5-6-15-22-17(16(19)18(24)23(15)11(2)3)25-10-12-7-8-13(20)9-14(12)21/h4,7-9,11H,1,5-6,10H2,2-3H3.